The van der Waals surface area contributed by atoms with Crippen molar-refractivity contribution in [3.05, 3.63) is 11.8 Å². The van der Waals surface area contributed by atoms with E-state index in [0.717, 1.165) is 6.26 Å². The summed E-state index contributed by atoms with van der Waals surface area (Å²) in [6.45, 7) is 1.13. The van der Waals surface area contributed by atoms with Crippen LogP contribution in [0.3, 0.4) is 0 Å². The Labute approximate surface area is 149 Å². The van der Waals surface area contributed by atoms with Crippen molar-refractivity contribution in [1.29, 1.82) is 0 Å². The molecule has 6 N–H and O–H groups in total. The number of aldehydes is 1. The molecular formula is C16H24O10. The van der Waals surface area contributed by atoms with E-state index in [2.05, 4.69) is 0 Å². The van der Waals surface area contributed by atoms with Crippen LogP contribution >= 0.6 is 0 Å². The summed E-state index contributed by atoms with van der Waals surface area (Å²) >= 11 is 0. The van der Waals surface area contributed by atoms with E-state index in [0.29, 0.717) is 6.29 Å². The largest absolute Gasteiger partial charge is 0.471 e. The molecule has 3 aliphatic rings. The summed E-state index contributed by atoms with van der Waals surface area (Å²) < 4.78 is 16.2. The molecule has 26 heavy (non-hydrogen) atoms. The van der Waals surface area contributed by atoms with Gasteiger partial charge in [-0.05, 0) is 12.3 Å². The van der Waals surface area contributed by atoms with E-state index in [4.69, 9.17) is 14.2 Å². The van der Waals surface area contributed by atoms with Crippen LogP contribution in [0.25, 0.3) is 0 Å². The van der Waals surface area contributed by atoms with E-state index >= 15 is 0 Å². The van der Waals surface area contributed by atoms with Crippen LogP contribution in [0.2, 0.25) is 0 Å². The van der Waals surface area contributed by atoms with E-state index in [1.807, 2.05) is 0 Å². The molecule has 2 aliphatic heterocycles. The van der Waals surface area contributed by atoms with Gasteiger partial charge in [0.25, 0.3) is 0 Å². The highest BCUT2D eigenvalue weighted by molar-refractivity contribution is 5.77. The lowest BCUT2D eigenvalue weighted by molar-refractivity contribution is -0.347. The summed E-state index contributed by atoms with van der Waals surface area (Å²) in [5, 5.41) is 60.2. The lowest BCUT2D eigenvalue weighted by Crippen LogP contribution is -2.61. The van der Waals surface area contributed by atoms with Crippen molar-refractivity contribution in [3.8, 4) is 0 Å². The van der Waals surface area contributed by atoms with Gasteiger partial charge in [0.2, 0.25) is 6.29 Å². The summed E-state index contributed by atoms with van der Waals surface area (Å²) in [5.41, 5.74) is -1.99. The van der Waals surface area contributed by atoms with Crippen molar-refractivity contribution in [3.63, 3.8) is 0 Å². The van der Waals surface area contributed by atoms with Crippen LogP contribution in [0.4, 0.5) is 0 Å². The van der Waals surface area contributed by atoms with Gasteiger partial charge in [0.1, 0.15) is 30.0 Å². The minimum Gasteiger partial charge on any atom is -0.471 e. The van der Waals surface area contributed by atoms with Crippen molar-refractivity contribution in [1.82, 2.24) is 0 Å². The highest BCUT2D eigenvalue weighted by Gasteiger charge is 2.61. The van der Waals surface area contributed by atoms with Crippen LogP contribution in [-0.2, 0) is 19.0 Å². The molecule has 10 atom stereocenters. The monoisotopic (exact) mass is 376 g/mol. The predicted molar refractivity (Wildman–Crippen MR) is 82.1 cm³/mol. The molecule has 10 heteroatoms. The Morgan fingerprint density at radius 3 is 2.54 bits per heavy atom. The molecule has 2 fully saturated rings. The zero-order valence-electron chi connectivity index (χ0n) is 14.1. The van der Waals surface area contributed by atoms with Crippen molar-refractivity contribution < 1.29 is 49.6 Å². The third kappa shape index (κ3) is 2.86. The number of carbonyl (C=O) groups excluding carboxylic acids is 1. The van der Waals surface area contributed by atoms with Crippen molar-refractivity contribution >= 4 is 6.29 Å². The van der Waals surface area contributed by atoms with Gasteiger partial charge in [-0.2, -0.15) is 0 Å². The van der Waals surface area contributed by atoms with Crippen LogP contribution in [0.1, 0.15) is 13.3 Å². The molecular weight excluding hydrogens is 352 g/mol. The smallest absolute Gasteiger partial charge is 0.208 e. The number of rotatable bonds is 4. The second kappa shape index (κ2) is 7.13. The molecule has 0 spiro atoms. The maximum atomic E-state index is 11.3. The number of carbonyl (C=O) groups is 1. The summed E-state index contributed by atoms with van der Waals surface area (Å²) in [6, 6.07) is 0. The quantitative estimate of drug-likeness (QED) is 0.278. The molecule has 0 radical (unpaired) electrons. The van der Waals surface area contributed by atoms with Crippen LogP contribution in [0.15, 0.2) is 11.8 Å². The topological polar surface area (TPSA) is 166 Å². The fourth-order valence-corrected chi connectivity index (χ4v) is 4.07. The van der Waals surface area contributed by atoms with Gasteiger partial charge in [-0.1, -0.05) is 6.92 Å². The number of ether oxygens (including phenoxy) is 3. The molecule has 1 saturated carbocycles. The van der Waals surface area contributed by atoms with Crippen LogP contribution in [0.5, 0.6) is 0 Å². The second-order valence-corrected chi connectivity index (χ2v) is 7.11. The van der Waals surface area contributed by atoms with E-state index in [1.165, 1.54) is 0 Å². The first kappa shape index (κ1) is 19.6. The molecule has 10 unspecified atom stereocenters. The Balaban J connectivity index is 1.84. The summed E-state index contributed by atoms with van der Waals surface area (Å²) in [4.78, 5) is 11.3. The molecule has 0 aromatic rings. The highest BCUT2D eigenvalue weighted by atomic mass is 16.8. The maximum absolute atomic E-state index is 11.3. The fraction of sp³-hybridized carbons (Fsp3) is 0.812. The van der Waals surface area contributed by atoms with Gasteiger partial charge in [0, 0.05) is 0 Å². The Morgan fingerprint density at radius 1 is 1.23 bits per heavy atom. The lowest BCUT2D eigenvalue weighted by atomic mass is 9.79. The Morgan fingerprint density at radius 2 is 1.92 bits per heavy atom. The standard InChI is InChI=1S/C16H24O10/c1-6-2-9(19)16(23)7(3-17)5-24-14(10(6)16)26-15-13(22)12(21)11(20)8(4-18)25-15/h3,5-6,8-15,18-23H,2,4H2,1H3. The average molecular weight is 376 g/mol. The molecule has 1 saturated heterocycles. The molecule has 10 nitrogen and oxygen atoms in total. The van der Waals surface area contributed by atoms with E-state index in [1.54, 1.807) is 6.92 Å². The fourth-order valence-electron chi connectivity index (χ4n) is 4.07. The van der Waals surface area contributed by atoms with Gasteiger partial charge in [0.15, 0.2) is 12.6 Å². The molecule has 0 amide bonds. The number of fused-ring (bicyclic) bond motifs is 1. The second-order valence-electron chi connectivity index (χ2n) is 7.11. The molecule has 2 heterocycles. The average Bonchev–Trinajstić information content (AvgIpc) is 2.85. The first-order valence-corrected chi connectivity index (χ1v) is 8.43. The van der Waals surface area contributed by atoms with Gasteiger partial charge in [-0.15, -0.1) is 0 Å². The zero-order valence-corrected chi connectivity index (χ0v) is 14.1. The maximum Gasteiger partial charge on any atom is 0.208 e. The first-order chi connectivity index (χ1) is 12.2. The Bertz CT molecular complexity index is 565. The summed E-state index contributed by atoms with van der Waals surface area (Å²) in [7, 11) is 0. The molecule has 0 aromatic carbocycles. The van der Waals surface area contributed by atoms with Gasteiger partial charge < -0.3 is 44.8 Å². The Kier molecular flexibility index (Phi) is 5.39. The number of aliphatic hydroxyl groups excluding tert-OH is 5. The number of hydrogen-bond acceptors (Lipinski definition) is 10. The molecule has 148 valence electrons. The van der Waals surface area contributed by atoms with Crippen molar-refractivity contribution in [2.75, 3.05) is 6.61 Å². The highest BCUT2D eigenvalue weighted by Crippen LogP contribution is 2.49. The lowest BCUT2D eigenvalue weighted by Gasteiger charge is -2.45. The SMILES string of the molecule is CC1CC(O)C2(O)C(C=O)=COC(OC3OC(CO)C(O)C(O)C3O)C12. The third-order valence-electron chi connectivity index (χ3n) is 5.55. The predicted octanol–water partition coefficient (Wildman–Crippen LogP) is -3.01. The zero-order chi connectivity index (χ0) is 19.2. The van der Waals surface area contributed by atoms with Gasteiger partial charge in [0.05, 0.1) is 30.5 Å². The van der Waals surface area contributed by atoms with Crippen LogP contribution in [0, 0.1) is 11.8 Å². The minimum absolute atomic E-state index is 0.118. The van der Waals surface area contributed by atoms with E-state index in [-0.39, 0.29) is 17.9 Å². The number of hydrogen-bond donors (Lipinski definition) is 6. The number of aliphatic hydroxyl groups is 6. The first-order valence-electron chi connectivity index (χ1n) is 8.43. The normalized spacial score (nSPS) is 51.3. The van der Waals surface area contributed by atoms with Crippen molar-refractivity contribution in [2.24, 2.45) is 11.8 Å². The van der Waals surface area contributed by atoms with Crippen molar-refractivity contribution in [2.45, 2.75) is 62.0 Å². The van der Waals surface area contributed by atoms with Crippen LogP contribution in [-0.4, -0.2) is 92.2 Å². The molecule has 1 aliphatic carbocycles. The van der Waals surface area contributed by atoms with Gasteiger partial charge >= 0.3 is 0 Å². The summed E-state index contributed by atoms with van der Waals surface area (Å²) in [6.07, 6.45) is -8.23. The molecule has 0 aromatic heterocycles. The minimum atomic E-state index is -1.88. The molecule has 3 rings (SSSR count). The summed E-state index contributed by atoms with van der Waals surface area (Å²) in [5.74, 6) is -1.14. The van der Waals surface area contributed by atoms with Crippen LogP contribution < -0.4 is 0 Å². The van der Waals surface area contributed by atoms with E-state index < -0.39 is 61.2 Å². The van der Waals surface area contributed by atoms with Gasteiger partial charge in [-0.3, -0.25) is 4.79 Å². The molecule has 0 bridgehead atoms. The third-order valence-corrected chi connectivity index (χ3v) is 5.55. The van der Waals surface area contributed by atoms with Gasteiger partial charge in [-0.25, -0.2) is 0 Å². The Hall–Kier alpha value is -1.11. The van der Waals surface area contributed by atoms with E-state index in [9.17, 15) is 35.4 Å².